The van der Waals surface area contributed by atoms with E-state index in [0.29, 0.717) is 28.8 Å². The molecule has 2 aromatic heterocycles. The lowest BCUT2D eigenvalue weighted by atomic mass is 10.1. The Hall–Kier alpha value is -2.57. The summed E-state index contributed by atoms with van der Waals surface area (Å²) in [6.07, 6.45) is 3.03. The summed E-state index contributed by atoms with van der Waals surface area (Å²) in [6, 6.07) is 9.42. The largest absolute Gasteiger partial charge is 0.495 e. The maximum Gasteiger partial charge on any atom is 0.138 e. The van der Waals surface area contributed by atoms with Crippen LogP contribution < -0.4 is 15.4 Å². The molecule has 0 saturated carbocycles. The molecule has 0 aliphatic rings. The van der Waals surface area contributed by atoms with Crippen LogP contribution in [0.1, 0.15) is 20.3 Å². The van der Waals surface area contributed by atoms with Crippen molar-refractivity contribution in [3.8, 4) is 17.0 Å². The topological polar surface area (TPSA) is 79.3 Å². The van der Waals surface area contributed by atoms with Crippen LogP contribution in [0.4, 0.5) is 11.6 Å². The molecular weight excluding hydrogens is 376 g/mol. The van der Waals surface area contributed by atoms with Crippen LogP contribution in [0.15, 0.2) is 36.5 Å². The van der Waals surface area contributed by atoms with E-state index in [0.717, 1.165) is 22.2 Å². The fraction of sp³-hybridized carbons (Fsp3) is 0.333. The SMILES string of the molecule is CCC.CNc1cc2c(NCCO)nc(-c3cccc(OC)c3Cl)cc2cn1. The summed E-state index contributed by atoms with van der Waals surface area (Å²) in [5, 5.41) is 17.7. The fourth-order valence-electron chi connectivity index (χ4n) is 2.60. The number of methoxy groups -OCH3 is 1. The van der Waals surface area contributed by atoms with Crippen molar-refractivity contribution in [2.75, 3.05) is 37.9 Å². The van der Waals surface area contributed by atoms with Gasteiger partial charge in [-0.15, -0.1) is 0 Å². The number of hydrogen-bond donors (Lipinski definition) is 3. The molecule has 28 heavy (non-hydrogen) atoms. The van der Waals surface area contributed by atoms with Crippen LogP contribution in [0.2, 0.25) is 5.02 Å². The van der Waals surface area contributed by atoms with Gasteiger partial charge in [-0.05, 0) is 18.2 Å². The molecule has 3 aromatic rings. The van der Waals surface area contributed by atoms with Crippen LogP contribution in [-0.2, 0) is 0 Å². The van der Waals surface area contributed by atoms with Gasteiger partial charge in [-0.2, -0.15) is 0 Å². The summed E-state index contributed by atoms with van der Waals surface area (Å²) >= 11 is 6.45. The molecule has 3 rings (SSSR count). The normalized spacial score (nSPS) is 10.2. The van der Waals surface area contributed by atoms with E-state index in [1.165, 1.54) is 6.42 Å². The molecule has 0 aliphatic heterocycles. The standard InChI is InChI=1S/C18H19ClN4O2.C3H8/c1-20-16-9-13-11(10-22-16)8-14(23-18(13)21-6-7-24)12-4-3-5-15(25-2)17(12)19;1-3-2/h3-5,8-10,24H,6-7H2,1-2H3,(H,20,22)(H,21,23);3H2,1-2H3. The van der Waals surface area contributed by atoms with Gasteiger partial charge in [-0.1, -0.05) is 44.0 Å². The lowest BCUT2D eigenvalue weighted by Crippen LogP contribution is -2.08. The number of hydrogen-bond acceptors (Lipinski definition) is 6. The molecule has 1 aromatic carbocycles. The van der Waals surface area contributed by atoms with E-state index in [-0.39, 0.29) is 6.61 Å². The molecule has 0 atom stereocenters. The average Bonchev–Trinajstić information content (AvgIpc) is 2.72. The van der Waals surface area contributed by atoms with Gasteiger partial charge in [-0.25, -0.2) is 9.97 Å². The smallest absolute Gasteiger partial charge is 0.138 e. The molecule has 2 heterocycles. The first-order valence-corrected chi connectivity index (χ1v) is 9.63. The first-order valence-electron chi connectivity index (χ1n) is 9.25. The zero-order valence-corrected chi connectivity index (χ0v) is 17.5. The molecule has 0 bridgehead atoms. The maximum absolute atomic E-state index is 9.15. The van der Waals surface area contributed by atoms with Gasteiger partial charge in [0, 0.05) is 36.1 Å². The van der Waals surface area contributed by atoms with Gasteiger partial charge < -0.3 is 20.5 Å². The number of aliphatic hydroxyl groups excluding tert-OH is 1. The van der Waals surface area contributed by atoms with Gasteiger partial charge in [-0.3, -0.25) is 0 Å². The monoisotopic (exact) mass is 402 g/mol. The van der Waals surface area contributed by atoms with Crippen molar-refractivity contribution < 1.29 is 9.84 Å². The second-order valence-corrected chi connectivity index (χ2v) is 6.45. The van der Waals surface area contributed by atoms with E-state index in [2.05, 4.69) is 29.5 Å². The Balaban J connectivity index is 0.000000878. The number of pyridine rings is 2. The summed E-state index contributed by atoms with van der Waals surface area (Å²) in [4.78, 5) is 9.07. The number of anilines is 2. The van der Waals surface area contributed by atoms with Gasteiger partial charge in [0.1, 0.15) is 17.4 Å². The Morgan fingerprint density at radius 2 is 1.96 bits per heavy atom. The van der Waals surface area contributed by atoms with Crippen molar-refractivity contribution >= 4 is 34.0 Å². The molecule has 0 radical (unpaired) electrons. The quantitative estimate of drug-likeness (QED) is 0.548. The fourth-order valence-corrected chi connectivity index (χ4v) is 2.90. The van der Waals surface area contributed by atoms with Crippen LogP contribution in [-0.4, -0.2) is 42.4 Å². The van der Waals surface area contributed by atoms with E-state index >= 15 is 0 Å². The number of ether oxygens (including phenoxy) is 1. The van der Waals surface area contributed by atoms with Crippen molar-refractivity contribution in [3.63, 3.8) is 0 Å². The van der Waals surface area contributed by atoms with E-state index in [9.17, 15) is 0 Å². The van der Waals surface area contributed by atoms with Crippen LogP contribution in [0, 0.1) is 0 Å². The number of nitrogens with one attached hydrogen (secondary N) is 2. The summed E-state index contributed by atoms with van der Waals surface area (Å²) in [5.74, 6) is 2.00. The Bertz CT molecular complexity index is 918. The number of rotatable bonds is 6. The van der Waals surface area contributed by atoms with Gasteiger partial charge in [0.2, 0.25) is 0 Å². The minimum absolute atomic E-state index is 0.0112. The van der Waals surface area contributed by atoms with Gasteiger partial charge in [0.05, 0.1) is 24.4 Å². The van der Waals surface area contributed by atoms with Crippen LogP contribution >= 0.6 is 11.6 Å². The Labute approximate surface area is 170 Å². The highest BCUT2D eigenvalue weighted by atomic mass is 35.5. The molecule has 0 saturated heterocycles. The van der Waals surface area contributed by atoms with Gasteiger partial charge in [0.15, 0.2) is 0 Å². The van der Waals surface area contributed by atoms with Crippen molar-refractivity contribution in [2.45, 2.75) is 20.3 Å². The molecule has 0 aliphatic carbocycles. The Kier molecular flexibility index (Phi) is 8.29. The molecule has 150 valence electrons. The predicted octanol–water partition coefficient (Wildman–Crippen LogP) is 4.82. The zero-order chi connectivity index (χ0) is 20.5. The predicted molar refractivity (Wildman–Crippen MR) is 118 cm³/mol. The van der Waals surface area contributed by atoms with Crippen LogP contribution in [0.25, 0.3) is 22.0 Å². The van der Waals surface area contributed by atoms with Crippen LogP contribution in [0.5, 0.6) is 5.75 Å². The second kappa shape index (κ2) is 10.7. The number of aliphatic hydroxyl groups is 1. The summed E-state index contributed by atoms with van der Waals surface area (Å²) in [6.45, 7) is 4.66. The van der Waals surface area contributed by atoms with Gasteiger partial charge in [0.25, 0.3) is 0 Å². The van der Waals surface area contributed by atoms with E-state index in [1.807, 2.05) is 31.3 Å². The third-order valence-corrected chi connectivity index (χ3v) is 4.22. The zero-order valence-electron chi connectivity index (χ0n) is 16.7. The van der Waals surface area contributed by atoms with E-state index in [1.54, 1.807) is 19.4 Å². The molecule has 7 heteroatoms. The number of aromatic nitrogens is 2. The number of halogens is 1. The first-order chi connectivity index (χ1) is 13.6. The average molecular weight is 403 g/mol. The van der Waals surface area contributed by atoms with Crippen molar-refractivity contribution in [2.24, 2.45) is 0 Å². The molecule has 0 spiro atoms. The number of benzene rings is 1. The highest BCUT2D eigenvalue weighted by Crippen LogP contribution is 2.36. The summed E-state index contributed by atoms with van der Waals surface area (Å²) < 4.78 is 5.29. The molecule has 0 amide bonds. The highest BCUT2D eigenvalue weighted by molar-refractivity contribution is 6.34. The van der Waals surface area contributed by atoms with Crippen molar-refractivity contribution in [1.82, 2.24) is 9.97 Å². The third-order valence-electron chi connectivity index (χ3n) is 3.83. The Morgan fingerprint density at radius 3 is 2.61 bits per heavy atom. The molecule has 3 N–H and O–H groups in total. The molecule has 0 fully saturated rings. The van der Waals surface area contributed by atoms with Crippen molar-refractivity contribution in [1.29, 1.82) is 0 Å². The highest BCUT2D eigenvalue weighted by Gasteiger charge is 2.13. The lowest BCUT2D eigenvalue weighted by Gasteiger charge is -2.13. The molecule has 0 unspecified atom stereocenters. The molecule has 6 nitrogen and oxygen atoms in total. The van der Waals surface area contributed by atoms with Crippen LogP contribution in [0.3, 0.4) is 0 Å². The lowest BCUT2D eigenvalue weighted by molar-refractivity contribution is 0.311. The second-order valence-electron chi connectivity index (χ2n) is 6.08. The maximum atomic E-state index is 9.15. The summed E-state index contributed by atoms with van der Waals surface area (Å²) in [7, 11) is 3.39. The number of nitrogens with zero attached hydrogens (tertiary/aromatic N) is 2. The van der Waals surface area contributed by atoms with Gasteiger partial charge >= 0.3 is 0 Å². The third kappa shape index (κ3) is 5.03. The minimum Gasteiger partial charge on any atom is -0.495 e. The number of fused-ring (bicyclic) bond motifs is 1. The van der Waals surface area contributed by atoms with E-state index in [4.69, 9.17) is 26.4 Å². The minimum atomic E-state index is 0.0112. The molecular formula is C21H27ClN4O2. The first kappa shape index (κ1) is 21.7. The van der Waals surface area contributed by atoms with Crippen molar-refractivity contribution in [3.05, 3.63) is 41.6 Å². The summed E-state index contributed by atoms with van der Waals surface area (Å²) in [5.41, 5.74) is 1.48. The Morgan fingerprint density at radius 1 is 1.21 bits per heavy atom. The van der Waals surface area contributed by atoms with E-state index < -0.39 is 0 Å².